The van der Waals surface area contributed by atoms with E-state index < -0.39 is 14.2 Å². The summed E-state index contributed by atoms with van der Waals surface area (Å²) in [6, 6.07) is 1.15. The minimum Gasteiger partial charge on any atom is -0.391 e. The number of allylic oxidation sites excluding steroid dienone is 2. The van der Waals surface area contributed by atoms with Gasteiger partial charge >= 0.3 is 0 Å². The van der Waals surface area contributed by atoms with E-state index in [2.05, 4.69) is 46.1 Å². The SMILES string of the molecule is C=C(C)CCC/C(C)=C\C[C@H](OCC[Si](C)(C)C)[C@@H](C)O. The molecule has 0 aromatic heterocycles. The molecule has 0 amide bonds. The Morgan fingerprint density at radius 1 is 1.24 bits per heavy atom. The summed E-state index contributed by atoms with van der Waals surface area (Å²) in [5.74, 6) is 0. The average Bonchev–Trinajstić information content (AvgIpc) is 2.31. The highest BCUT2D eigenvalue weighted by Crippen LogP contribution is 2.15. The third kappa shape index (κ3) is 13.0. The Kier molecular flexibility index (Phi) is 10.2. The van der Waals surface area contributed by atoms with Crippen LogP contribution in [0.5, 0.6) is 0 Å². The van der Waals surface area contributed by atoms with Gasteiger partial charge in [-0.15, -0.1) is 6.58 Å². The fourth-order valence-electron chi connectivity index (χ4n) is 2.01. The molecule has 124 valence electrons. The van der Waals surface area contributed by atoms with Gasteiger partial charge in [0.1, 0.15) is 0 Å². The van der Waals surface area contributed by atoms with E-state index in [1.54, 1.807) is 0 Å². The molecular weight excluding hydrogens is 276 g/mol. The van der Waals surface area contributed by atoms with Crippen LogP contribution in [0.3, 0.4) is 0 Å². The van der Waals surface area contributed by atoms with Gasteiger partial charge < -0.3 is 9.84 Å². The zero-order valence-electron chi connectivity index (χ0n) is 15.0. The molecule has 1 N–H and O–H groups in total. The summed E-state index contributed by atoms with van der Waals surface area (Å²) in [4.78, 5) is 0. The molecule has 0 spiro atoms. The highest BCUT2D eigenvalue weighted by molar-refractivity contribution is 6.76. The van der Waals surface area contributed by atoms with E-state index in [1.807, 2.05) is 6.92 Å². The summed E-state index contributed by atoms with van der Waals surface area (Å²) in [5, 5.41) is 9.85. The van der Waals surface area contributed by atoms with Crippen LogP contribution >= 0.6 is 0 Å². The van der Waals surface area contributed by atoms with Gasteiger partial charge in [0, 0.05) is 14.7 Å². The predicted octanol–water partition coefficient (Wildman–Crippen LogP) is 5.17. The van der Waals surface area contributed by atoms with E-state index in [0.717, 1.165) is 38.3 Å². The van der Waals surface area contributed by atoms with Crippen LogP contribution in [0.25, 0.3) is 0 Å². The van der Waals surface area contributed by atoms with Gasteiger partial charge in [-0.1, -0.05) is 36.9 Å². The van der Waals surface area contributed by atoms with Crippen molar-refractivity contribution in [2.45, 2.75) is 84.3 Å². The summed E-state index contributed by atoms with van der Waals surface area (Å²) in [5.41, 5.74) is 2.63. The van der Waals surface area contributed by atoms with E-state index in [1.165, 1.54) is 11.1 Å². The minimum atomic E-state index is -1.06. The van der Waals surface area contributed by atoms with Crippen molar-refractivity contribution in [3.8, 4) is 0 Å². The first-order valence-corrected chi connectivity index (χ1v) is 11.9. The van der Waals surface area contributed by atoms with E-state index in [9.17, 15) is 5.11 Å². The standard InChI is InChI=1S/C18H36O2Si/c1-15(2)9-8-10-16(3)11-12-18(17(4)19)20-13-14-21(5,6)7/h11,17-19H,1,8-10,12-14H2,2-7H3/b16-11-/t17-,18+/m1/s1. The van der Waals surface area contributed by atoms with Crippen LogP contribution in [0, 0.1) is 0 Å². The number of ether oxygens (including phenoxy) is 1. The van der Waals surface area contributed by atoms with Gasteiger partial charge in [0.15, 0.2) is 0 Å². The second kappa shape index (κ2) is 10.4. The molecule has 0 aromatic rings. The first-order chi connectivity index (χ1) is 9.61. The van der Waals surface area contributed by atoms with E-state index in [0.29, 0.717) is 0 Å². The van der Waals surface area contributed by atoms with Gasteiger partial charge in [-0.25, -0.2) is 0 Å². The van der Waals surface area contributed by atoms with Crippen LogP contribution < -0.4 is 0 Å². The molecule has 0 fully saturated rings. The molecule has 0 aliphatic rings. The third-order valence-corrected chi connectivity index (χ3v) is 5.30. The Hall–Kier alpha value is -0.383. The Morgan fingerprint density at radius 3 is 2.33 bits per heavy atom. The van der Waals surface area contributed by atoms with E-state index >= 15 is 0 Å². The Labute approximate surface area is 133 Å². The molecule has 0 saturated heterocycles. The smallest absolute Gasteiger partial charge is 0.0865 e. The molecule has 0 aliphatic heterocycles. The van der Waals surface area contributed by atoms with Crippen LogP contribution in [-0.2, 0) is 4.74 Å². The van der Waals surface area contributed by atoms with E-state index in [-0.39, 0.29) is 6.10 Å². The van der Waals surface area contributed by atoms with Crippen molar-refractivity contribution in [1.82, 2.24) is 0 Å². The first kappa shape index (κ1) is 20.6. The molecule has 0 bridgehead atoms. The van der Waals surface area contributed by atoms with E-state index in [4.69, 9.17) is 4.74 Å². The summed E-state index contributed by atoms with van der Waals surface area (Å²) in [7, 11) is -1.06. The molecule has 0 rings (SSSR count). The maximum absolute atomic E-state index is 9.85. The number of hydrogen-bond donors (Lipinski definition) is 1. The van der Waals surface area contributed by atoms with Crippen molar-refractivity contribution in [2.75, 3.05) is 6.61 Å². The third-order valence-electron chi connectivity index (χ3n) is 3.60. The second-order valence-electron chi connectivity index (χ2n) is 7.56. The lowest BCUT2D eigenvalue weighted by Gasteiger charge is -2.22. The Bertz CT molecular complexity index is 327. The van der Waals surface area contributed by atoms with Crippen LogP contribution in [0.15, 0.2) is 23.8 Å². The van der Waals surface area contributed by atoms with Gasteiger partial charge in [0.25, 0.3) is 0 Å². The molecule has 0 radical (unpaired) electrons. The number of aliphatic hydroxyl groups is 1. The molecule has 2 atom stereocenters. The largest absolute Gasteiger partial charge is 0.391 e. The monoisotopic (exact) mass is 312 g/mol. The van der Waals surface area contributed by atoms with Gasteiger partial charge in [0.05, 0.1) is 12.2 Å². The lowest BCUT2D eigenvalue weighted by Crippen LogP contribution is -2.29. The highest BCUT2D eigenvalue weighted by Gasteiger charge is 2.17. The summed E-state index contributed by atoms with van der Waals surface area (Å²) < 4.78 is 5.90. The number of aliphatic hydroxyl groups excluding tert-OH is 1. The lowest BCUT2D eigenvalue weighted by molar-refractivity contribution is -0.0222. The number of rotatable bonds is 11. The minimum absolute atomic E-state index is 0.0718. The van der Waals surface area contributed by atoms with Crippen molar-refractivity contribution >= 4 is 8.07 Å². The van der Waals surface area contributed by atoms with Crippen molar-refractivity contribution < 1.29 is 9.84 Å². The Balaban J connectivity index is 4.15. The van der Waals surface area contributed by atoms with Crippen LogP contribution in [0.4, 0.5) is 0 Å². The highest BCUT2D eigenvalue weighted by atomic mass is 28.3. The normalized spacial score (nSPS) is 15.9. The molecule has 21 heavy (non-hydrogen) atoms. The summed E-state index contributed by atoms with van der Waals surface area (Å²) in [6.07, 6.45) is 5.91. The maximum Gasteiger partial charge on any atom is 0.0865 e. The molecule has 0 unspecified atom stereocenters. The predicted molar refractivity (Wildman–Crippen MR) is 96.6 cm³/mol. The molecule has 0 aromatic carbocycles. The molecule has 0 saturated carbocycles. The quantitative estimate of drug-likeness (QED) is 0.421. The van der Waals surface area contributed by atoms with Gasteiger partial charge in [-0.3, -0.25) is 0 Å². The number of hydrogen-bond acceptors (Lipinski definition) is 2. The maximum atomic E-state index is 9.85. The summed E-state index contributed by atoms with van der Waals surface area (Å²) in [6.45, 7) is 17.8. The molecule has 0 aliphatic carbocycles. The topological polar surface area (TPSA) is 29.5 Å². The van der Waals surface area contributed by atoms with Crippen molar-refractivity contribution in [1.29, 1.82) is 0 Å². The van der Waals surface area contributed by atoms with Gasteiger partial charge in [0.2, 0.25) is 0 Å². The molecule has 3 heteroatoms. The fraction of sp³-hybridized carbons (Fsp3) is 0.778. The van der Waals surface area contributed by atoms with Gasteiger partial charge in [-0.2, -0.15) is 0 Å². The van der Waals surface area contributed by atoms with Crippen LogP contribution in [0.1, 0.15) is 46.5 Å². The summed E-state index contributed by atoms with van der Waals surface area (Å²) >= 11 is 0. The fourth-order valence-corrected chi connectivity index (χ4v) is 2.74. The van der Waals surface area contributed by atoms with Crippen molar-refractivity contribution in [2.24, 2.45) is 0 Å². The van der Waals surface area contributed by atoms with Crippen LogP contribution in [-0.4, -0.2) is 32.0 Å². The van der Waals surface area contributed by atoms with Crippen molar-refractivity contribution in [3.63, 3.8) is 0 Å². The first-order valence-electron chi connectivity index (χ1n) is 8.21. The average molecular weight is 313 g/mol. The zero-order chi connectivity index (χ0) is 16.5. The Morgan fingerprint density at radius 2 is 1.86 bits per heavy atom. The molecule has 0 heterocycles. The second-order valence-corrected chi connectivity index (χ2v) is 13.2. The molecule has 2 nitrogen and oxygen atoms in total. The zero-order valence-corrected chi connectivity index (χ0v) is 16.0. The van der Waals surface area contributed by atoms with Gasteiger partial charge in [-0.05, 0) is 52.5 Å². The lowest BCUT2D eigenvalue weighted by atomic mass is 10.0. The van der Waals surface area contributed by atoms with Crippen LogP contribution in [0.2, 0.25) is 25.7 Å². The van der Waals surface area contributed by atoms with Crippen molar-refractivity contribution in [3.05, 3.63) is 23.8 Å². The molecular formula is C18H36O2Si.